The Morgan fingerprint density at radius 2 is 2.11 bits per heavy atom. The first-order valence-corrected chi connectivity index (χ1v) is 9.33. The molecule has 6 nitrogen and oxygen atoms in total. The summed E-state index contributed by atoms with van der Waals surface area (Å²) in [6.07, 6.45) is 0.667. The van der Waals surface area contributed by atoms with Gasteiger partial charge in [-0.3, -0.25) is 4.79 Å². The number of aromatic nitrogens is 1. The summed E-state index contributed by atoms with van der Waals surface area (Å²) in [4.78, 5) is 17.2. The number of fused-ring (bicyclic) bond motifs is 2. The topological polar surface area (TPSA) is 80.7 Å². The molecule has 2 fully saturated rings. The minimum Gasteiger partial charge on any atom is -0.481 e. The highest BCUT2D eigenvalue weighted by atomic mass is 35.5. The number of carbonyl (C=O) groups is 1. The van der Waals surface area contributed by atoms with E-state index in [1.807, 2.05) is 6.07 Å². The van der Waals surface area contributed by atoms with Gasteiger partial charge in [-0.15, -0.1) is 0 Å². The molecule has 142 valence electrons. The van der Waals surface area contributed by atoms with Crippen LogP contribution in [0.5, 0.6) is 5.88 Å². The predicted molar refractivity (Wildman–Crippen MR) is 101 cm³/mol. The van der Waals surface area contributed by atoms with Crippen LogP contribution in [0.2, 0.25) is 10.0 Å². The molecule has 0 spiro atoms. The predicted octanol–water partition coefficient (Wildman–Crippen LogP) is 3.27. The van der Waals surface area contributed by atoms with Crippen molar-refractivity contribution >= 4 is 34.8 Å². The number of methoxy groups -OCH3 is 1. The standard InChI is InChI=1S/C19H18Cl2N2O4/c1-26-15-6-9(4-5-22-15)16-17(14-8-13(24)18(16)27-14)19(25)23-10-2-3-11(20)12(21)7-10/h2-7,13-14,16-18,24H,8H2,1H3,(H,23,25)/t13-,14+,16+,17+,18-/m1/s1. The molecule has 1 aromatic carbocycles. The van der Waals surface area contributed by atoms with Crippen molar-refractivity contribution in [2.45, 2.75) is 30.7 Å². The number of hydrogen-bond donors (Lipinski definition) is 2. The van der Waals surface area contributed by atoms with E-state index in [0.717, 1.165) is 5.56 Å². The molecule has 0 radical (unpaired) electrons. The van der Waals surface area contributed by atoms with Crippen LogP contribution in [-0.2, 0) is 9.53 Å². The summed E-state index contributed by atoms with van der Waals surface area (Å²) in [5, 5.41) is 14.0. The van der Waals surface area contributed by atoms with E-state index in [0.29, 0.717) is 28.0 Å². The van der Waals surface area contributed by atoms with Crippen molar-refractivity contribution in [1.82, 2.24) is 4.98 Å². The van der Waals surface area contributed by atoms with Crippen LogP contribution in [0.3, 0.4) is 0 Å². The first-order chi connectivity index (χ1) is 13.0. The van der Waals surface area contributed by atoms with E-state index in [4.69, 9.17) is 32.7 Å². The number of pyridine rings is 1. The van der Waals surface area contributed by atoms with Gasteiger partial charge in [0.25, 0.3) is 0 Å². The Kier molecular flexibility index (Phi) is 4.99. The lowest BCUT2D eigenvalue weighted by atomic mass is 9.74. The highest BCUT2D eigenvalue weighted by molar-refractivity contribution is 6.42. The number of aliphatic hydroxyl groups is 1. The molecule has 0 unspecified atom stereocenters. The Balaban J connectivity index is 1.62. The first-order valence-electron chi connectivity index (χ1n) is 8.57. The third-order valence-corrected chi connectivity index (χ3v) is 5.91. The fourth-order valence-corrected chi connectivity index (χ4v) is 4.28. The monoisotopic (exact) mass is 408 g/mol. The van der Waals surface area contributed by atoms with Crippen LogP contribution in [0, 0.1) is 5.92 Å². The number of ether oxygens (including phenoxy) is 2. The lowest BCUT2D eigenvalue weighted by Gasteiger charge is -2.30. The van der Waals surface area contributed by atoms with Crippen LogP contribution in [0.1, 0.15) is 17.9 Å². The number of anilines is 1. The maximum absolute atomic E-state index is 13.0. The molecule has 2 bridgehead atoms. The van der Waals surface area contributed by atoms with E-state index in [-0.39, 0.29) is 17.9 Å². The van der Waals surface area contributed by atoms with Gasteiger partial charge in [-0.2, -0.15) is 0 Å². The zero-order valence-corrected chi connectivity index (χ0v) is 15.9. The Bertz CT molecular complexity index is 879. The first kappa shape index (κ1) is 18.5. The number of benzene rings is 1. The molecule has 0 saturated carbocycles. The summed E-state index contributed by atoms with van der Waals surface area (Å²) in [6.45, 7) is 0. The number of amides is 1. The molecule has 2 aromatic rings. The number of carbonyl (C=O) groups excluding carboxylic acids is 1. The van der Waals surface area contributed by atoms with Crippen molar-refractivity contribution < 1.29 is 19.4 Å². The van der Waals surface area contributed by atoms with Gasteiger partial charge in [0.05, 0.1) is 41.4 Å². The second-order valence-corrected chi connectivity index (χ2v) is 7.56. The van der Waals surface area contributed by atoms with E-state index in [1.165, 1.54) is 7.11 Å². The minimum atomic E-state index is -0.604. The quantitative estimate of drug-likeness (QED) is 0.811. The molecule has 8 heteroatoms. The van der Waals surface area contributed by atoms with Gasteiger partial charge in [-0.1, -0.05) is 23.2 Å². The third-order valence-electron chi connectivity index (χ3n) is 5.17. The molecule has 27 heavy (non-hydrogen) atoms. The average Bonchev–Trinajstić information content (AvgIpc) is 3.21. The summed E-state index contributed by atoms with van der Waals surface area (Å²) < 4.78 is 11.1. The molecule has 1 aromatic heterocycles. The maximum atomic E-state index is 13.0. The van der Waals surface area contributed by atoms with Gasteiger partial charge in [0, 0.05) is 30.3 Å². The summed E-state index contributed by atoms with van der Waals surface area (Å²) in [5.74, 6) is -0.472. The van der Waals surface area contributed by atoms with Gasteiger partial charge in [-0.25, -0.2) is 4.98 Å². The van der Waals surface area contributed by atoms with Crippen molar-refractivity contribution in [3.05, 3.63) is 52.1 Å². The molecule has 1 amide bonds. The summed E-state index contributed by atoms with van der Waals surface area (Å²) >= 11 is 12.0. The van der Waals surface area contributed by atoms with E-state index >= 15 is 0 Å². The lowest BCUT2D eigenvalue weighted by molar-refractivity contribution is -0.121. The highest BCUT2D eigenvalue weighted by Gasteiger charge is 2.57. The average molecular weight is 409 g/mol. The van der Waals surface area contributed by atoms with Crippen molar-refractivity contribution in [3.63, 3.8) is 0 Å². The van der Waals surface area contributed by atoms with Gasteiger partial charge in [-0.05, 0) is 29.8 Å². The van der Waals surface area contributed by atoms with Gasteiger partial charge in [0.2, 0.25) is 11.8 Å². The fraction of sp³-hybridized carbons (Fsp3) is 0.368. The molecule has 2 saturated heterocycles. The van der Waals surface area contributed by atoms with Gasteiger partial charge in [0.1, 0.15) is 0 Å². The second-order valence-electron chi connectivity index (χ2n) is 6.74. The number of nitrogens with zero attached hydrogens (tertiary/aromatic N) is 1. The molecule has 4 rings (SSSR count). The molecular weight excluding hydrogens is 391 g/mol. The zero-order valence-electron chi connectivity index (χ0n) is 14.4. The molecule has 2 aliphatic heterocycles. The Hall–Kier alpha value is -1.86. The minimum absolute atomic E-state index is 0.187. The Labute approximate surface area is 166 Å². The summed E-state index contributed by atoms with van der Waals surface area (Å²) in [5.41, 5.74) is 1.41. The van der Waals surface area contributed by atoms with E-state index in [1.54, 1.807) is 30.5 Å². The fourth-order valence-electron chi connectivity index (χ4n) is 3.98. The number of halogens is 2. The molecule has 5 atom stereocenters. The molecule has 3 heterocycles. The number of nitrogens with one attached hydrogen (secondary N) is 1. The van der Waals surface area contributed by atoms with E-state index in [9.17, 15) is 9.90 Å². The molecule has 2 N–H and O–H groups in total. The van der Waals surface area contributed by atoms with Crippen LogP contribution in [0.4, 0.5) is 5.69 Å². The van der Waals surface area contributed by atoms with E-state index in [2.05, 4.69) is 10.3 Å². The number of rotatable bonds is 4. The third kappa shape index (κ3) is 3.38. The van der Waals surface area contributed by atoms with E-state index < -0.39 is 18.1 Å². The SMILES string of the molecule is COc1cc([C@@H]2[C@@H]3O[C@@H](C[C@H]3O)[C@@H]2C(=O)Nc2ccc(Cl)c(Cl)c2)ccn1. The zero-order chi connectivity index (χ0) is 19.1. The van der Waals surface area contributed by atoms with Crippen LogP contribution < -0.4 is 10.1 Å². The van der Waals surface area contributed by atoms with Crippen molar-refractivity contribution in [1.29, 1.82) is 0 Å². The molecule has 2 aliphatic rings. The van der Waals surface area contributed by atoms with Gasteiger partial charge < -0.3 is 19.9 Å². The summed E-state index contributed by atoms with van der Waals surface area (Å²) in [7, 11) is 1.53. The van der Waals surface area contributed by atoms with Crippen LogP contribution in [-0.4, -0.2) is 41.4 Å². The largest absolute Gasteiger partial charge is 0.481 e. The van der Waals surface area contributed by atoms with Crippen LogP contribution >= 0.6 is 23.2 Å². The second kappa shape index (κ2) is 7.28. The van der Waals surface area contributed by atoms with Gasteiger partial charge >= 0.3 is 0 Å². The highest BCUT2D eigenvalue weighted by Crippen LogP contribution is 2.49. The van der Waals surface area contributed by atoms with Crippen LogP contribution in [0.15, 0.2) is 36.5 Å². The Morgan fingerprint density at radius 1 is 1.30 bits per heavy atom. The van der Waals surface area contributed by atoms with Crippen molar-refractivity contribution in [2.75, 3.05) is 12.4 Å². The molecule has 0 aliphatic carbocycles. The number of hydrogen-bond acceptors (Lipinski definition) is 5. The smallest absolute Gasteiger partial charge is 0.230 e. The number of aliphatic hydroxyl groups excluding tert-OH is 1. The maximum Gasteiger partial charge on any atom is 0.230 e. The molecular formula is C19H18Cl2N2O4. The van der Waals surface area contributed by atoms with Crippen LogP contribution in [0.25, 0.3) is 0 Å². The lowest BCUT2D eigenvalue weighted by Crippen LogP contribution is -2.41. The summed E-state index contributed by atoms with van der Waals surface area (Å²) in [6, 6.07) is 8.53. The van der Waals surface area contributed by atoms with Crippen molar-refractivity contribution in [3.8, 4) is 5.88 Å². The van der Waals surface area contributed by atoms with Crippen molar-refractivity contribution in [2.24, 2.45) is 5.92 Å². The van der Waals surface area contributed by atoms with Gasteiger partial charge in [0.15, 0.2) is 0 Å². The Morgan fingerprint density at radius 3 is 2.85 bits per heavy atom. The normalized spacial score (nSPS) is 29.0.